The highest BCUT2D eigenvalue weighted by atomic mass is 35.5. The van der Waals surface area contributed by atoms with Gasteiger partial charge in [0.25, 0.3) is 0 Å². The maximum atomic E-state index is 6.11. The molecule has 0 bridgehead atoms. The third kappa shape index (κ3) is 6.30. The van der Waals surface area contributed by atoms with Crippen LogP contribution in [0, 0.1) is 0 Å². The van der Waals surface area contributed by atoms with E-state index in [1.165, 1.54) is 0 Å². The largest absolute Gasteiger partial charge is 0.491 e. The van der Waals surface area contributed by atoms with Crippen LogP contribution in [-0.2, 0) is 4.74 Å². The van der Waals surface area contributed by atoms with Gasteiger partial charge in [-0.1, -0.05) is 29.8 Å². The Hall–Kier alpha value is -1.91. The SMILES string of the molecule is CCOCCOc1cccc(NCC(C)Oc2ccccc2Cl)c1. The van der Waals surface area contributed by atoms with Gasteiger partial charge < -0.3 is 19.5 Å². The van der Waals surface area contributed by atoms with Crippen molar-refractivity contribution in [2.75, 3.05) is 31.7 Å². The molecule has 1 unspecified atom stereocenters. The summed E-state index contributed by atoms with van der Waals surface area (Å²) >= 11 is 6.11. The summed E-state index contributed by atoms with van der Waals surface area (Å²) in [5.41, 5.74) is 0.985. The number of nitrogens with one attached hydrogen (secondary N) is 1. The molecule has 4 nitrogen and oxygen atoms in total. The normalized spacial score (nSPS) is 11.8. The van der Waals surface area contributed by atoms with Crippen molar-refractivity contribution in [1.82, 2.24) is 0 Å². The van der Waals surface area contributed by atoms with Crippen molar-refractivity contribution < 1.29 is 14.2 Å². The van der Waals surface area contributed by atoms with Crippen LogP contribution in [-0.4, -0.2) is 32.5 Å². The standard InChI is InChI=1S/C19H24ClNO3/c1-3-22-11-12-23-17-8-6-7-16(13-17)21-14-15(2)24-19-10-5-4-9-18(19)20/h4-10,13,15,21H,3,11-12,14H2,1-2H3. The molecule has 0 heterocycles. The molecule has 0 saturated heterocycles. The van der Waals surface area contributed by atoms with Crippen LogP contribution in [0.25, 0.3) is 0 Å². The average Bonchev–Trinajstić information content (AvgIpc) is 2.59. The number of para-hydroxylation sites is 1. The van der Waals surface area contributed by atoms with Gasteiger partial charge in [0.2, 0.25) is 0 Å². The van der Waals surface area contributed by atoms with Crippen LogP contribution < -0.4 is 14.8 Å². The van der Waals surface area contributed by atoms with Crippen LogP contribution in [0.15, 0.2) is 48.5 Å². The summed E-state index contributed by atoms with van der Waals surface area (Å²) < 4.78 is 16.8. The van der Waals surface area contributed by atoms with Gasteiger partial charge >= 0.3 is 0 Å². The smallest absolute Gasteiger partial charge is 0.138 e. The molecule has 24 heavy (non-hydrogen) atoms. The minimum atomic E-state index is -0.0209. The van der Waals surface area contributed by atoms with Crippen LogP contribution >= 0.6 is 11.6 Å². The first-order valence-electron chi connectivity index (χ1n) is 8.14. The number of rotatable bonds is 10. The fourth-order valence-electron chi connectivity index (χ4n) is 2.12. The average molecular weight is 350 g/mol. The fourth-order valence-corrected chi connectivity index (χ4v) is 2.30. The minimum Gasteiger partial charge on any atom is -0.491 e. The molecule has 1 atom stereocenters. The van der Waals surface area contributed by atoms with E-state index in [1.54, 1.807) is 0 Å². The van der Waals surface area contributed by atoms with Crippen molar-refractivity contribution in [2.24, 2.45) is 0 Å². The maximum absolute atomic E-state index is 6.11. The van der Waals surface area contributed by atoms with Crippen LogP contribution in [0.4, 0.5) is 5.69 Å². The predicted molar refractivity (Wildman–Crippen MR) is 98.5 cm³/mol. The highest BCUT2D eigenvalue weighted by Crippen LogP contribution is 2.24. The van der Waals surface area contributed by atoms with E-state index in [2.05, 4.69) is 5.32 Å². The quantitative estimate of drug-likeness (QED) is 0.634. The van der Waals surface area contributed by atoms with E-state index in [9.17, 15) is 0 Å². The zero-order chi connectivity index (χ0) is 17.2. The van der Waals surface area contributed by atoms with Crippen molar-refractivity contribution >= 4 is 17.3 Å². The summed E-state index contributed by atoms with van der Waals surface area (Å²) in [6, 6.07) is 15.3. The second-order valence-electron chi connectivity index (χ2n) is 5.31. The van der Waals surface area contributed by atoms with E-state index < -0.39 is 0 Å². The molecule has 0 aromatic heterocycles. The lowest BCUT2D eigenvalue weighted by Gasteiger charge is -2.17. The molecule has 2 rings (SSSR count). The Morgan fingerprint density at radius 2 is 1.92 bits per heavy atom. The molecule has 0 aliphatic heterocycles. The number of ether oxygens (including phenoxy) is 3. The molecule has 130 valence electrons. The predicted octanol–water partition coefficient (Wildman–Crippen LogP) is 4.63. The van der Waals surface area contributed by atoms with E-state index in [1.807, 2.05) is 62.4 Å². The molecule has 0 fully saturated rings. The summed E-state index contributed by atoms with van der Waals surface area (Å²) in [4.78, 5) is 0. The van der Waals surface area contributed by atoms with Gasteiger partial charge in [0, 0.05) is 18.4 Å². The Bertz CT molecular complexity index is 621. The highest BCUT2D eigenvalue weighted by Gasteiger charge is 2.07. The molecular formula is C19H24ClNO3. The van der Waals surface area contributed by atoms with Crippen LogP contribution in [0.2, 0.25) is 5.02 Å². The Labute approximate surface area is 148 Å². The van der Waals surface area contributed by atoms with Crippen LogP contribution in [0.3, 0.4) is 0 Å². The lowest BCUT2D eigenvalue weighted by Crippen LogP contribution is -2.22. The van der Waals surface area contributed by atoms with Gasteiger partial charge in [0.1, 0.15) is 24.2 Å². The molecule has 2 aromatic rings. The van der Waals surface area contributed by atoms with Crippen LogP contribution in [0.1, 0.15) is 13.8 Å². The van der Waals surface area contributed by atoms with Gasteiger partial charge in [-0.2, -0.15) is 0 Å². The van der Waals surface area contributed by atoms with Crippen molar-refractivity contribution in [1.29, 1.82) is 0 Å². The van der Waals surface area contributed by atoms with Crippen molar-refractivity contribution in [3.8, 4) is 11.5 Å². The van der Waals surface area contributed by atoms with Crippen molar-refractivity contribution in [2.45, 2.75) is 20.0 Å². The second kappa shape index (κ2) is 10.1. The van der Waals surface area contributed by atoms with E-state index in [4.69, 9.17) is 25.8 Å². The zero-order valence-electron chi connectivity index (χ0n) is 14.1. The minimum absolute atomic E-state index is 0.0209. The molecule has 0 aliphatic rings. The number of hydrogen-bond acceptors (Lipinski definition) is 4. The van der Waals surface area contributed by atoms with Crippen molar-refractivity contribution in [3.63, 3.8) is 0 Å². The lowest BCUT2D eigenvalue weighted by molar-refractivity contribution is 0.110. The molecule has 0 spiro atoms. The summed E-state index contributed by atoms with van der Waals surface area (Å²) in [5, 5.41) is 3.97. The third-order valence-corrected chi connectivity index (χ3v) is 3.61. The second-order valence-corrected chi connectivity index (χ2v) is 5.72. The van der Waals surface area contributed by atoms with E-state index in [0.717, 1.165) is 11.4 Å². The molecule has 2 aromatic carbocycles. The molecule has 0 saturated carbocycles. The summed E-state index contributed by atoms with van der Waals surface area (Å²) in [6.07, 6.45) is -0.0209. The van der Waals surface area contributed by atoms with Gasteiger partial charge in [-0.15, -0.1) is 0 Å². The molecule has 1 N–H and O–H groups in total. The number of halogens is 1. The summed E-state index contributed by atoms with van der Waals surface area (Å²) in [6.45, 7) is 6.47. The molecule has 0 amide bonds. The van der Waals surface area contributed by atoms with Crippen LogP contribution in [0.5, 0.6) is 11.5 Å². The maximum Gasteiger partial charge on any atom is 0.138 e. The van der Waals surface area contributed by atoms with Gasteiger partial charge in [-0.25, -0.2) is 0 Å². The molecular weight excluding hydrogens is 326 g/mol. The Kier molecular flexibility index (Phi) is 7.72. The van der Waals surface area contributed by atoms with Crippen molar-refractivity contribution in [3.05, 3.63) is 53.6 Å². The zero-order valence-corrected chi connectivity index (χ0v) is 14.9. The van der Waals surface area contributed by atoms with E-state index in [0.29, 0.717) is 37.1 Å². The highest BCUT2D eigenvalue weighted by molar-refractivity contribution is 6.32. The summed E-state index contributed by atoms with van der Waals surface area (Å²) in [7, 11) is 0. The third-order valence-electron chi connectivity index (χ3n) is 3.29. The molecule has 0 aliphatic carbocycles. The Morgan fingerprint density at radius 3 is 2.71 bits per heavy atom. The first-order chi connectivity index (χ1) is 11.7. The molecule has 0 radical (unpaired) electrons. The monoisotopic (exact) mass is 349 g/mol. The van der Waals surface area contributed by atoms with Gasteiger partial charge in [0.15, 0.2) is 0 Å². The first-order valence-corrected chi connectivity index (χ1v) is 8.52. The van der Waals surface area contributed by atoms with E-state index >= 15 is 0 Å². The number of benzene rings is 2. The topological polar surface area (TPSA) is 39.7 Å². The molecule has 5 heteroatoms. The van der Waals surface area contributed by atoms with Gasteiger partial charge in [-0.05, 0) is 38.1 Å². The number of hydrogen-bond donors (Lipinski definition) is 1. The first kappa shape index (κ1) is 18.4. The van der Waals surface area contributed by atoms with E-state index in [-0.39, 0.29) is 6.10 Å². The Balaban J connectivity index is 1.80. The summed E-state index contributed by atoms with van der Waals surface area (Å²) in [5.74, 6) is 1.51. The van der Waals surface area contributed by atoms with Gasteiger partial charge in [0.05, 0.1) is 18.2 Å². The van der Waals surface area contributed by atoms with Gasteiger partial charge in [-0.3, -0.25) is 0 Å². The number of anilines is 1. The lowest BCUT2D eigenvalue weighted by atomic mass is 10.3. The Morgan fingerprint density at radius 1 is 1.08 bits per heavy atom. The fraction of sp³-hybridized carbons (Fsp3) is 0.368.